The van der Waals surface area contributed by atoms with Crippen LogP contribution in [0.15, 0.2) is 16.8 Å². The summed E-state index contributed by atoms with van der Waals surface area (Å²) in [4.78, 5) is 14.1. The number of thiophene rings is 1. The van der Waals surface area contributed by atoms with E-state index < -0.39 is 0 Å². The van der Waals surface area contributed by atoms with Gasteiger partial charge in [-0.1, -0.05) is 0 Å². The Balaban J connectivity index is 1.57. The number of nitrogens with zero attached hydrogens (tertiary/aromatic N) is 1. The quantitative estimate of drug-likeness (QED) is 0.802. The number of carbonyl (C=O) groups is 1. The normalized spacial score (nSPS) is 19.1. The molecule has 1 aromatic heterocycles. The van der Waals surface area contributed by atoms with E-state index in [4.69, 9.17) is 4.74 Å². The van der Waals surface area contributed by atoms with Crippen LogP contribution in [0.3, 0.4) is 0 Å². The molecule has 1 aliphatic heterocycles. The highest BCUT2D eigenvalue weighted by Gasteiger charge is 2.22. The molecule has 1 saturated heterocycles. The second kappa shape index (κ2) is 8.24. The van der Waals surface area contributed by atoms with Gasteiger partial charge in [0.1, 0.15) is 0 Å². The van der Waals surface area contributed by atoms with Gasteiger partial charge in [0, 0.05) is 33.3 Å². The third kappa shape index (κ3) is 5.11. The predicted molar refractivity (Wildman–Crippen MR) is 81.0 cm³/mol. The Kier molecular flexibility index (Phi) is 6.29. The van der Waals surface area contributed by atoms with Gasteiger partial charge in [0.25, 0.3) is 0 Å². The second-order valence-electron chi connectivity index (χ2n) is 5.14. The number of amides is 2. The lowest BCUT2D eigenvalue weighted by molar-refractivity contribution is 0.159. The first-order chi connectivity index (χ1) is 9.78. The standard InChI is InChI=1S/C14H23N3O2S/c1-19-6-5-17-4-2-12(10-17)8-15-14(18)16-9-13-3-7-20-11-13/h3,7,11-12H,2,4-6,8-10H2,1H3,(H2,15,16,18)/t12-/m0/s1. The SMILES string of the molecule is COCCN1CC[C@@H](CNC(=O)NCc2ccsc2)C1. The van der Waals surface area contributed by atoms with Crippen molar-refractivity contribution in [2.75, 3.05) is 39.9 Å². The van der Waals surface area contributed by atoms with E-state index in [9.17, 15) is 4.79 Å². The van der Waals surface area contributed by atoms with E-state index in [2.05, 4.69) is 15.5 Å². The Morgan fingerprint density at radius 1 is 1.55 bits per heavy atom. The first kappa shape index (κ1) is 15.3. The molecule has 5 nitrogen and oxygen atoms in total. The first-order valence-corrected chi connectivity index (χ1v) is 7.96. The van der Waals surface area contributed by atoms with E-state index in [0.29, 0.717) is 12.5 Å². The molecule has 1 atom stereocenters. The first-order valence-electron chi connectivity index (χ1n) is 7.02. The van der Waals surface area contributed by atoms with Crippen molar-refractivity contribution in [2.45, 2.75) is 13.0 Å². The molecule has 2 N–H and O–H groups in total. The summed E-state index contributed by atoms with van der Waals surface area (Å²) in [6.45, 7) is 5.26. The van der Waals surface area contributed by atoms with E-state index in [-0.39, 0.29) is 6.03 Å². The molecule has 6 heteroatoms. The van der Waals surface area contributed by atoms with Gasteiger partial charge in [0.2, 0.25) is 0 Å². The number of methoxy groups -OCH3 is 1. The third-order valence-electron chi connectivity index (χ3n) is 3.57. The zero-order valence-electron chi connectivity index (χ0n) is 11.9. The number of ether oxygens (including phenoxy) is 1. The second-order valence-corrected chi connectivity index (χ2v) is 5.92. The van der Waals surface area contributed by atoms with E-state index in [1.54, 1.807) is 18.4 Å². The molecule has 0 bridgehead atoms. The Bertz CT molecular complexity index is 397. The smallest absolute Gasteiger partial charge is 0.315 e. The average molecular weight is 297 g/mol. The number of hydrogen-bond acceptors (Lipinski definition) is 4. The van der Waals surface area contributed by atoms with E-state index >= 15 is 0 Å². The number of rotatable bonds is 7. The van der Waals surface area contributed by atoms with Crippen molar-refractivity contribution in [3.05, 3.63) is 22.4 Å². The van der Waals surface area contributed by atoms with Crippen LogP contribution in [-0.4, -0.2) is 50.8 Å². The van der Waals surface area contributed by atoms with Crippen LogP contribution in [0.2, 0.25) is 0 Å². The van der Waals surface area contributed by atoms with Crippen molar-refractivity contribution >= 4 is 17.4 Å². The third-order valence-corrected chi connectivity index (χ3v) is 4.30. The Morgan fingerprint density at radius 2 is 2.45 bits per heavy atom. The maximum absolute atomic E-state index is 11.7. The molecule has 2 amide bonds. The maximum atomic E-state index is 11.7. The molecular formula is C14H23N3O2S. The highest BCUT2D eigenvalue weighted by Crippen LogP contribution is 2.14. The zero-order valence-corrected chi connectivity index (χ0v) is 12.7. The largest absolute Gasteiger partial charge is 0.383 e. The molecular weight excluding hydrogens is 274 g/mol. The summed E-state index contributed by atoms with van der Waals surface area (Å²) in [5, 5.41) is 9.90. The lowest BCUT2D eigenvalue weighted by Crippen LogP contribution is -2.38. The van der Waals surface area contributed by atoms with Crippen molar-refractivity contribution in [2.24, 2.45) is 5.92 Å². The van der Waals surface area contributed by atoms with Gasteiger partial charge in [0.15, 0.2) is 0 Å². The topological polar surface area (TPSA) is 53.6 Å². The molecule has 0 saturated carbocycles. The van der Waals surface area contributed by atoms with Gasteiger partial charge in [-0.3, -0.25) is 0 Å². The van der Waals surface area contributed by atoms with Crippen LogP contribution in [0, 0.1) is 5.92 Å². The summed E-state index contributed by atoms with van der Waals surface area (Å²) in [5.41, 5.74) is 1.15. The fraction of sp³-hybridized carbons (Fsp3) is 0.643. The van der Waals surface area contributed by atoms with Crippen LogP contribution in [0.4, 0.5) is 4.79 Å². The molecule has 0 spiro atoms. The maximum Gasteiger partial charge on any atom is 0.315 e. The summed E-state index contributed by atoms with van der Waals surface area (Å²) in [5.74, 6) is 0.554. The van der Waals surface area contributed by atoms with Gasteiger partial charge in [-0.2, -0.15) is 11.3 Å². The van der Waals surface area contributed by atoms with E-state index in [1.165, 1.54) is 0 Å². The lowest BCUT2D eigenvalue weighted by Gasteiger charge is -2.15. The van der Waals surface area contributed by atoms with Crippen LogP contribution in [0.5, 0.6) is 0 Å². The van der Waals surface area contributed by atoms with Gasteiger partial charge in [-0.25, -0.2) is 4.79 Å². The lowest BCUT2D eigenvalue weighted by atomic mass is 10.1. The minimum Gasteiger partial charge on any atom is -0.383 e. The number of nitrogens with one attached hydrogen (secondary N) is 2. The zero-order chi connectivity index (χ0) is 14.2. The Hall–Kier alpha value is -1.11. The van der Waals surface area contributed by atoms with Crippen LogP contribution in [-0.2, 0) is 11.3 Å². The molecule has 1 fully saturated rings. The monoisotopic (exact) mass is 297 g/mol. The molecule has 20 heavy (non-hydrogen) atoms. The van der Waals surface area contributed by atoms with Crippen LogP contribution in [0.1, 0.15) is 12.0 Å². The van der Waals surface area contributed by atoms with Crippen LogP contribution < -0.4 is 10.6 Å². The predicted octanol–water partition coefficient (Wildman–Crippen LogP) is 1.52. The van der Waals surface area contributed by atoms with Crippen molar-refractivity contribution in [3.63, 3.8) is 0 Å². The van der Waals surface area contributed by atoms with E-state index in [1.807, 2.05) is 16.8 Å². The highest BCUT2D eigenvalue weighted by molar-refractivity contribution is 7.07. The molecule has 1 aliphatic rings. The fourth-order valence-electron chi connectivity index (χ4n) is 2.38. The summed E-state index contributed by atoms with van der Waals surface area (Å²) >= 11 is 1.64. The molecule has 0 aliphatic carbocycles. The molecule has 0 unspecified atom stereocenters. The number of carbonyl (C=O) groups excluding carboxylic acids is 1. The van der Waals surface area contributed by atoms with Crippen LogP contribution in [0.25, 0.3) is 0 Å². The summed E-state index contributed by atoms with van der Waals surface area (Å²) in [6.07, 6.45) is 1.15. The number of likely N-dealkylation sites (tertiary alicyclic amines) is 1. The van der Waals surface area contributed by atoms with Crippen molar-refractivity contribution in [1.29, 1.82) is 0 Å². The van der Waals surface area contributed by atoms with Gasteiger partial charge in [-0.15, -0.1) is 0 Å². The van der Waals surface area contributed by atoms with Gasteiger partial charge >= 0.3 is 6.03 Å². The Morgan fingerprint density at radius 3 is 3.20 bits per heavy atom. The van der Waals surface area contributed by atoms with Crippen LogP contribution >= 0.6 is 11.3 Å². The molecule has 0 radical (unpaired) electrons. The number of hydrogen-bond donors (Lipinski definition) is 2. The van der Waals surface area contributed by atoms with Crippen molar-refractivity contribution in [3.8, 4) is 0 Å². The molecule has 2 heterocycles. The average Bonchev–Trinajstić information content (AvgIpc) is 3.12. The molecule has 0 aromatic carbocycles. The number of urea groups is 1. The van der Waals surface area contributed by atoms with Crippen molar-refractivity contribution in [1.82, 2.24) is 15.5 Å². The molecule has 2 rings (SSSR count). The van der Waals surface area contributed by atoms with Gasteiger partial charge in [0.05, 0.1) is 6.61 Å². The van der Waals surface area contributed by atoms with E-state index in [0.717, 1.165) is 44.8 Å². The fourth-order valence-corrected chi connectivity index (χ4v) is 3.05. The summed E-state index contributed by atoms with van der Waals surface area (Å²) in [7, 11) is 1.73. The van der Waals surface area contributed by atoms with Gasteiger partial charge in [-0.05, 0) is 41.3 Å². The molecule has 112 valence electrons. The minimum atomic E-state index is -0.0773. The van der Waals surface area contributed by atoms with Crippen molar-refractivity contribution < 1.29 is 9.53 Å². The summed E-state index contributed by atoms with van der Waals surface area (Å²) < 4.78 is 5.08. The van der Waals surface area contributed by atoms with Gasteiger partial charge < -0.3 is 20.3 Å². The highest BCUT2D eigenvalue weighted by atomic mass is 32.1. The Labute approximate surface area is 124 Å². The summed E-state index contributed by atoms with van der Waals surface area (Å²) in [6, 6.07) is 1.95. The molecule has 1 aromatic rings. The minimum absolute atomic E-state index is 0.0773.